The molecule has 0 spiro atoms. The molecule has 0 N–H and O–H groups in total. The number of oxime groups is 1. The second kappa shape index (κ2) is 9.93. The van der Waals surface area contributed by atoms with E-state index in [9.17, 15) is 45.1 Å². The van der Waals surface area contributed by atoms with Crippen molar-refractivity contribution in [3.05, 3.63) is 64.5 Å². The Balaban J connectivity index is 1.56. The lowest BCUT2D eigenvalue weighted by atomic mass is 9.87. The van der Waals surface area contributed by atoms with Crippen LogP contribution >= 0.6 is 0 Å². The maximum Gasteiger partial charge on any atom is 0.435 e. The van der Waals surface area contributed by atoms with Gasteiger partial charge >= 0.3 is 12.4 Å². The van der Waals surface area contributed by atoms with Gasteiger partial charge in [0.05, 0.1) is 18.7 Å². The molecule has 0 bridgehead atoms. The van der Waals surface area contributed by atoms with Crippen LogP contribution in [0.25, 0.3) is 0 Å². The SMILES string of the molecule is Cc1cc(C2=NOC(c3ccc(C(F)(F)F)nc3)(C(F)(F)F)C2)ccc1C(=O)N1CC(=O)N(CCF)C(=O)C1. The number of carbonyl (C=O) groups excluding carboxylic acids is 3. The van der Waals surface area contributed by atoms with Gasteiger partial charge in [0.2, 0.25) is 11.8 Å². The van der Waals surface area contributed by atoms with Crippen molar-refractivity contribution in [3.63, 3.8) is 0 Å². The molecule has 208 valence electrons. The van der Waals surface area contributed by atoms with Crippen LogP contribution in [0, 0.1) is 6.92 Å². The van der Waals surface area contributed by atoms with Crippen LogP contribution in [0.2, 0.25) is 0 Å². The van der Waals surface area contributed by atoms with Gasteiger partial charge in [-0.3, -0.25) is 24.3 Å². The molecule has 1 unspecified atom stereocenters. The highest BCUT2D eigenvalue weighted by molar-refractivity contribution is 6.07. The zero-order valence-electron chi connectivity index (χ0n) is 20.1. The Morgan fingerprint density at radius 3 is 2.23 bits per heavy atom. The van der Waals surface area contributed by atoms with Gasteiger partial charge in [-0.2, -0.15) is 26.3 Å². The summed E-state index contributed by atoms with van der Waals surface area (Å²) in [6, 6.07) is 4.98. The van der Waals surface area contributed by atoms with Crippen LogP contribution in [0.4, 0.5) is 30.7 Å². The summed E-state index contributed by atoms with van der Waals surface area (Å²) in [6.45, 7) is -0.778. The normalized spacial score (nSPS) is 20.3. The Bertz CT molecular complexity index is 1320. The van der Waals surface area contributed by atoms with Gasteiger partial charge in [-0.25, -0.2) is 4.39 Å². The van der Waals surface area contributed by atoms with Gasteiger partial charge in [-0.15, -0.1) is 0 Å². The molecule has 1 saturated heterocycles. The molecule has 2 aliphatic heterocycles. The molecule has 15 heteroatoms. The molecule has 0 saturated carbocycles. The molecular formula is C24H19F7N4O4. The number of hydrogen-bond donors (Lipinski definition) is 0. The van der Waals surface area contributed by atoms with E-state index in [-0.39, 0.29) is 22.4 Å². The summed E-state index contributed by atoms with van der Waals surface area (Å²) in [7, 11) is 0. The smallest absolute Gasteiger partial charge is 0.374 e. The number of aromatic nitrogens is 1. The number of halogens is 7. The highest BCUT2D eigenvalue weighted by atomic mass is 19.4. The maximum absolute atomic E-state index is 14.1. The number of pyridine rings is 1. The third-order valence-corrected chi connectivity index (χ3v) is 6.35. The summed E-state index contributed by atoms with van der Waals surface area (Å²) in [5.74, 6) is -2.18. The van der Waals surface area contributed by atoms with Crippen LogP contribution in [0.5, 0.6) is 0 Å². The third-order valence-electron chi connectivity index (χ3n) is 6.35. The first-order valence-electron chi connectivity index (χ1n) is 11.3. The molecule has 3 heterocycles. The zero-order valence-corrected chi connectivity index (χ0v) is 20.1. The minimum Gasteiger partial charge on any atom is -0.374 e. The van der Waals surface area contributed by atoms with Crippen molar-refractivity contribution in [3.8, 4) is 0 Å². The molecule has 8 nitrogen and oxygen atoms in total. The molecule has 0 aliphatic carbocycles. The fraction of sp³-hybridized carbons (Fsp3) is 0.375. The Hall–Kier alpha value is -4.04. The summed E-state index contributed by atoms with van der Waals surface area (Å²) in [6.07, 6.45) is -10.4. The first-order valence-corrected chi connectivity index (χ1v) is 11.3. The van der Waals surface area contributed by atoms with E-state index in [1.165, 1.54) is 25.1 Å². The minimum absolute atomic E-state index is 0.0619. The van der Waals surface area contributed by atoms with E-state index < -0.39 is 79.7 Å². The van der Waals surface area contributed by atoms with Crippen LogP contribution in [0.1, 0.15) is 39.2 Å². The molecule has 3 amide bonds. The second-order valence-corrected chi connectivity index (χ2v) is 8.88. The molecular weight excluding hydrogens is 541 g/mol. The number of nitrogens with zero attached hydrogens (tertiary/aromatic N) is 4. The Morgan fingerprint density at radius 1 is 1.05 bits per heavy atom. The zero-order chi connectivity index (χ0) is 28.8. The standard InChI is InChI=1S/C24H19F7N4O4/c1-13-8-14(2-4-16(13)21(38)34-11-19(36)35(7-6-25)20(37)12-34)17-9-22(39-33-17,24(29,30)31)15-3-5-18(32-10-15)23(26,27)28/h2-5,8,10H,6-7,9,11-12H2,1H3. The monoisotopic (exact) mass is 560 g/mol. The van der Waals surface area contributed by atoms with Crippen molar-refractivity contribution in [1.29, 1.82) is 0 Å². The first kappa shape index (κ1) is 28.0. The van der Waals surface area contributed by atoms with Crippen LogP contribution in [-0.4, -0.2) is 70.7 Å². The van der Waals surface area contributed by atoms with Crippen molar-refractivity contribution in [1.82, 2.24) is 14.8 Å². The van der Waals surface area contributed by atoms with Crippen molar-refractivity contribution >= 4 is 23.4 Å². The summed E-state index contributed by atoms with van der Waals surface area (Å²) in [4.78, 5) is 46.9. The Morgan fingerprint density at radius 2 is 1.72 bits per heavy atom. The molecule has 0 radical (unpaired) electrons. The number of rotatable bonds is 5. The van der Waals surface area contributed by atoms with E-state index in [4.69, 9.17) is 4.84 Å². The van der Waals surface area contributed by atoms with Gasteiger partial charge in [0.25, 0.3) is 11.5 Å². The van der Waals surface area contributed by atoms with Gasteiger partial charge in [0, 0.05) is 17.3 Å². The summed E-state index contributed by atoms with van der Waals surface area (Å²) in [5, 5.41) is 3.55. The number of aryl methyl sites for hydroxylation is 1. The number of benzene rings is 1. The average molecular weight is 560 g/mol. The van der Waals surface area contributed by atoms with Crippen LogP contribution in [0.3, 0.4) is 0 Å². The van der Waals surface area contributed by atoms with E-state index in [1.807, 2.05) is 0 Å². The number of carbonyl (C=O) groups is 3. The quantitative estimate of drug-likeness (QED) is 0.410. The Labute approximate surface area is 216 Å². The highest BCUT2D eigenvalue weighted by Crippen LogP contribution is 2.49. The van der Waals surface area contributed by atoms with Gasteiger partial charge in [-0.1, -0.05) is 17.3 Å². The lowest BCUT2D eigenvalue weighted by molar-refractivity contribution is -0.276. The van der Waals surface area contributed by atoms with Crippen LogP contribution in [0.15, 0.2) is 41.7 Å². The molecule has 2 aromatic rings. The van der Waals surface area contributed by atoms with Crippen molar-refractivity contribution in [2.24, 2.45) is 5.16 Å². The predicted octanol–water partition coefficient (Wildman–Crippen LogP) is 3.77. The number of hydrogen-bond acceptors (Lipinski definition) is 6. The molecule has 1 aromatic heterocycles. The third kappa shape index (κ3) is 5.16. The van der Waals surface area contributed by atoms with Gasteiger partial charge in [0.15, 0.2) is 0 Å². The molecule has 1 atom stereocenters. The van der Waals surface area contributed by atoms with Crippen molar-refractivity contribution in [2.75, 3.05) is 26.3 Å². The summed E-state index contributed by atoms with van der Waals surface area (Å²) >= 11 is 0. The van der Waals surface area contributed by atoms with E-state index in [0.29, 0.717) is 18.3 Å². The number of imide groups is 1. The van der Waals surface area contributed by atoms with Crippen LogP contribution in [-0.2, 0) is 26.2 Å². The minimum atomic E-state index is -5.08. The van der Waals surface area contributed by atoms with Crippen LogP contribution < -0.4 is 0 Å². The fourth-order valence-electron chi connectivity index (χ4n) is 4.28. The largest absolute Gasteiger partial charge is 0.435 e. The lowest BCUT2D eigenvalue weighted by Crippen LogP contribution is -2.56. The van der Waals surface area contributed by atoms with E-state index in [0.717, 1.165) is 9.80 Å². The van der Waals surface area contributed by atoms with E-state index in [1.54, 1.807) is 0 Å². The lowest BCUT2D eigenvalue weighted by Gasteiger charge is -2.32. The van der Waals surface area contributed by atoms with Gasteiger partial charge in [0.1, 0.15) is 25.5 Å². The first-order chi connectivity index (χ1) is 18.2. The topological polar surface area (TPSA) is 92.2 Å². The highest BCUT2D eigenvalue weighted by Gasteiger charge is 2.62. The molecule has 1 aromatic carbocycles. The number of alkyl halides is 7. The molecule has 39 heavy (non-hydrogen) atoms. The predicted molar refractivity (Wildman–Crippen MR) is 119 cm³/mol. The maximum atomic E-state index is 14.1. The molecule has 4 rings (SSSR count). The number of piperazine rings is 1. The molecule has 2 aliphatic rings. The molecule has 1 fully saturated rings. The summed E-state index contributed by atoms with van der Waals surface area (Å²) < 4.78 is 93.5. The van der Waals surface area contributed by atoms with E-state index >= 15 is 0 Å². The number of amides is 3. The Kier molecular flexibility index (Phi) is 7.12. The average Bonchev–Trinajstić information content (AvgIpc) is 3.32. The van der Waals surface area contributed by atoms with Crippen molar-refractivity contribution < 1.29 is 50.0 Å². The van der Waals surface area contributed by atoms with Gasteiger partial charge in [-0.05, 0) is 36.2 Å². The van der Waals surface area contributed by atoms with Crippen molar-refractivity contribution in [2.45, 2.75) is 31.3 Å². The fourth-order valence-corrected chi connectivity index (χ4v) is 4.28. The second-order valence-electron chi connectivity index (χ2n) is 8.88. The van der Waals surface area contributed by atoms with E-state index in [2.05, 4.69) is 10.1 Å². The van der Waals surface area contributed by atoms with Gasteiger partial charge < -0.3 is 9.74 Å². The summed E-state index contributed by atoms with van der Waals surface area (Å²) in [5.41, 5.74) is -4.81.